The second-order valence-electron chi connectivity index (χ2n) is 5.65. The molecule has 0 fully saturated rings. The molecule has 0 spiro atoms. The Hall–Kier alpha value is -3.42. The Bertz CT molecular complexity index is 819. The van der Waals surface area contributed by atoms with Gasteiger partial charge in [-0.15, -0.1) is 0 Å². The molecule has 1 aliphatic heterocycles. The first-order valence-electron chi connectivity index (χ1n) is 8.22. The lowest BCUT2D eigenvalue weighted by Crippen LogP contribution is -2.31. The largest absolute Gasteiger partial charge is 0.497 e. The quantitative estimate of drug-likeness (QED) is 0.745. The van der Waals surface area contributed by atoms with Gasteiger partial charge in [0, 0.05) is 11.8 Å². The Labute approximate surface area is 155 Å². The van der Waals surface area contributed by atoms with E-state index in [1.54, 1.807) is 49.6 Å². The van der Waals surface area contributed by atoms with Crippen molar-refractivity contribution in [1.29, 1.82) is 0 Å². The van der Waals surface area contributed by atoms with Crippen LogP contribution in [0.25, 0.3) is 0 Å². The number of amides is 1. The van der Waals surface area contributed by atoms with Crippen molar-refractivity contribution >= 4 is 17.6 Å². The third-order valence-corrected chi connectivity index (χ3v) is 3.73. The summed E-state index contributed by atoms with van der Waals surface area (Å²) in [5.74, 6) is 1.21. The second kappa shape index (κ2) is 8.31. The van der Waals surface area contributed by atoms with E-state index in [0.717, 1.165) is 0 Å². The van der Waals surface area contributed by atoms with Crippen molar-refractivity contribution in [3.8, 4) is 23.0 Å². The molecule has 2 aromatic carbocycles. The van der Waals surface area contributed by atoms with Crippen LogP contribution in [0.3, 0.4) is 0 Å². The molecular weight excluding hydrogens is 354 g/mol. The van der Waals surface area contributed by atoms with Gasteiger partial charge in [-0.3, -0.25) is 4.79 Å². The molecule has 0 radical (unpaired) electrons. The number of carbonyl (C=O) groups is 2. The van der Waals surface area contributed by atoms with Crippen LogP contribution in [0.1, 0.15) is 6.92 Å². The summed E-state index contributed by atoms with van der Waals surface area (Å²) in [5, 5.41) is 2.66. The van der Waals surface area contributed by atoms with E-state index in [1.165, 1.54) is 6.92 Å². The molecule has 8 heteroatoms. The maximum absolute atomic E-state index is 12.2. The number of nitrogens with one attached hydrogen (secondary N) is 1. The number of ether oxygens (including phenoxy) is 5. The molecule has 0 unspecified atom stereocenters. The number of methoxy groups -OCH3 is 1. The fourth-order valence-electron chi connectivity index (χ4n) is 2.32. The van der Waals surface area contributed by atoms with Crippen molar-refractivity contribution in [3.05, 3.63) is 42.5 Å². The van der Waals surface area contributed by atoms with E-state index in [2.05, 4.69) is 5.32 Å². The summed E-state index contributed by atoms with van der Waals surface area (Å²) in [5.41, 5.74) is 0.515. The summed E-state index contributed by atoms with van der Waals surface area (Å²) in [6.45, 7) is 1.32. The van der Waals surface area contributed by atoms with Gasteiger partial charge >= 0.3 is 5.97 Å². The predicted octanol–water partition coefficient (Wildman–Crippen LogP) is 2.37. The summed E-state index contributed by atoms with van der Waals surface area (Å²) in [4.78, 5) is 24.0. The number of hydrogen-bond donors (Lipinski definition) is 1. The van der Waals surface area contributed by atoms with Gasteiger partial charge in [0.05, 0.1) is 7.11 Å². The van der Waals surface area contributed by atoms with Crippen LogP contribution in [0.4, 0.5) is 5.69 Å². The summed E-state index contributed by atoms with van der Waals surface area (Å²) >= 11 is 0. The van der Waals surface area contributed by atoms with Crippen molar-refractivity contribution in [1.82, 2.24) is 0 Å². The molecule has 1 N–H and O–H groups in total. The number of benzene rings is 2. The number of esters is 1. The first-order valence-corrected chi connectivity index (χ1v) is 8.22. The second-order valence-corrected chi connectivity index (χ2v) is 5.65. The van der Waals surface area contributed by atoms with Crippen molar-refractivity contribution in [2.24, 2.45) is 0 Å². The number of hydrogen-bond acceptors (Lipinski definition) is 7. The average Bonchev–Trinajstić information content (AvgIpc) is 3.14. The van der Waals surface area contributed by atoms with E-state index in [1.807, 2.05) is 0 Å². The highest BCUT2D eigenvalue weighted by atomic mass is 16.7. The number of anilines is 1. The highest BCUT2D eigenvalue weighted by Crippen LogP contribution is 2.34. The minimum Gasteiger partial charge on any atom is -0.497 e. The smallest absolute Gasteiger partial charge is 0.344 e. The van der Waals surface area contributed by atoms with Gasteiger partial charge in [0.25, 0.3) is 5.91 Å². The molecule has 1 atom stereocenters. The van der Waals surface area contributed by atoms with Crippen LogP contribution < -0.4 is 24.3 Å². The zero-order chi connectivity index (χ0) is 19.2. The topological polar surface area (TPSA) is 92.3 Å². The Morgan fingerprint density at radius 1 is 1.07 bits per heavy atom. The lowest BCUT2D eigenvalue weighted by molar-refractivity contribution is -0.155. The first-order chi connectivity index (χ1) is 13.0. The molecule has 0 saturated heterocycles. The van der Waals surface area contributed by atoms with Gasteiger partial charge in [-0.2, -0.15) is 0 Å². The maximum Gasteiger partial charge on any atom is 0.344 e. The van der Waals surface area contributed by atoms with Crippen LogP contribution in [0.5, 0.6) is 23.0 Å². The molecule has 2 aromatic rings. The van der Waals surface area contributed by atoms with Gasteiger partial charge in [-0.1, -0.05) is 0 Å². The Balaban J connectivity index is 1.46. The summed E-state index contributed by atoms with van der Waals surface area (Å²) in [7, 11) is 1.56. The van der Waals surface area contributed by atoms with E-state index in [-0.39, 0.29) is 13.4 Å². The standard InChI is InChI=1S/C19H19NO7/c1-12(19(22)20-13-3-8-16-17(9-13)26-11-25-16)27-18(21)10-24-15-6-4-14(23-2)5-7-15/h3-9,12H,10-11H2,1-2H3,(H,20,22)/t12-/m0/s1. The van der Waals surface area contributed by atoms with Crippen LogP contribution in [-0.4, -0.2) is 38.5 Å². The van der Waals surface area contributed by atoms with Gasteiger partial charge in [-0.25, -0.2) is 4.79 Å². The first kappa shape index (κ1) is 18.4. The van der Waals surface area contributed by atoms with Gasteiger partial charge in [0.15, 0.2) is 24.2 Å². The fourth-order valence-corrected chi connectivity index (χ4v) is 2.32. The molecule has 1 heterocycles. The zero-order valence-corrected chi connectivity index (χ0v) is 14.9. The highest BCUT2D eigenvalue weighted by Gasteiger charge is 2.20. The van der Waals surface area contributed by atoms with Crippen molar-refractivity contribution in [3.63, 3.8) is 0 Å². The molecule has 0 saturated carbocycles. The molecular formula is C19H19NO7. The fraction of sp³-hybridized carbons (Fsp3) is 0.263. The zero-order valence-electron chi connectivity index (χ0n) is 14.9. The van der Waals surface area contributed by atoms with Crippen molar-refractivity contribution in [2.45, 2.75) is 13.0 Å². The summed E-state index contributed by atoms with van der Waals surface area (Å²) in [6, 6.07) is 11.8. The number of fused-ring (bicyclic) bond motifs is 1. The number of carbonyl (C=O) groups excluding carboxylic acids is 2. The third-order valence-electron chi connectivity index (χ3n) is 3.73. The Morgan fingerprint density at radius 2 is 1.78 bits per heavy atom. The van der Waals surface area contributed by atoms with Crippen molar-refractivity contribution in [2.75, 3.05) is 25.8 Å². The van der Waals surface area contributed by atoms with E-state index in [4.69, 9.17) is 23.7 Å². The Kier molecular flexibility index (Phi) is 5.65. The summed E-state index contributed by atoms with van der Waals surface area (Å²) < 4.78 is 25.9. The maximum atomic E-state index is 12.2. The normalized spacial score (nSPS) is 12.8. The highest BCUT2D eigenvalue weighted by molar-refractivity contribution is 5.95. The van der Waals surface area contributed by atoms with Gasteiger partial charge < -0.3 is 29.0 Å². The lowest BCUT2D eigenvalue weighted by Gasteiger charge is -2.14. The molecule has 8 nitrogen and oxygen atoms in total. The van der Waals surface area contributed by atoms with E-state index in [9.17, 15) is 9.59 Å². The van der Waals surface area contributed by atoms with Gasteiger partial charge in [-0.05, 0) is 43.3 Å². The monoisotopic (exact) mass is 373 g/mol. The summed E-state index contributed by atoms with van der Waals surface area (Å²) in [6.07, 6.45) is -0.984. The molecule has 27 heavy (non-hydrogen) atoms. The average molecular weight is 373 g/mol. The van der Waals surface area contributed by atoms with E-state index in [0.29, 0.717) is 28.7 Å². The Morgan fingerprint density at radius 3 is 2.52 bits per heavy atom. The van der Waals surface area contributed by atoms with Crippen LogP contribution in [0, 0.1) is 0 Å². The van der Waals surface area contributed by atoms with Gasteiger partial charge in [0.2, 0.25) is 6.79 Å². The molecule has 0 aromatic heterocycles. The molecule has 0 bridgehead atoms. The van der Waals surface area contributed by atoms with Crippen LogP contribution in [0.15, 0.2) is 42.5 Å². The molecule has 3 rings (SSSR count). The van der Waals surface area contributed by atoms with Gasteiger partial charge in [0.1, 0.15) is 11.5 Å². The molecule has 142 valence electrons. The third kappa shape index (κ3) is 4.81. The SMILES string of the molecule is COc1ccc(OCC(=O)O[C@@H](C)C(=O)Nc2ccc3c(c2)OCO3)cc1. The molecule has 1 aliphatic rings. The minimum absolute atomic E-state index is 0.148. The van der Waals surface area contributed by atoms with E-state index >= 15 is 0 Å². The molecule has 1 amide bonds. The van der Waals surface area contributed by atoms with E-state index < -0.39 is 18.0 Å². The number of rotatable bonds is 7. The van der Waals surface area contributed by atoms with Crippen molar-refractivity contribution < 1.29 is 33.3 Å². The predicted molar refractivity (Wildman–Crippen MR) is 95.2 cm³/mol. The lowest BCUT2D eigenvalue weighted by atomic mass is 10.2. The molecule has 0 aliphatic carbocycles. The van der Waals surface area contributed by atoms with Crippen LogP contribution in [-0.2, 0) is 14.3 Å². The van der Waals surface area contributed by atoms with Crippen LogP contribution in [0.2, 0.25) is 0 Å². The minimum atomic E-state index is -0.984. The van der Waals surface area contributed by atoms with Crippen LogP contribution >= 0.6 is 0 Å².